The molecule has 1 atom stereocenters. The van der Waals surface area contributed by atoms with E-state index in [0.29, 0.717) is 5.92 Å². The van der Waals surface area contributed by atoms with Crippen LogP contribution >= 0.6 is 0 Å². The van der Waals surface area contributed by atoms with E-state index in [4.69, 9.17) is 0 Å². The minimum Gasteiger partial charge on any atom is -0.327 e. The number of nitrogens with one attached hydrogen (secondary N) is 1. The first-order valence-electron chi connectivity index (χ1n) is 6.40. The molecule has 0 radical (unpaired) electrons. The number of allylic oxidation sites excluding steroid dienone is 1. The fraction of sp³-hybridized carbons (Fsp3) is 0.267. The maximum Gasteiger partial charge on any atom is 0.213 e. The van der Waals surface area contributed by atoms with Crippen LogP contribution in [0.4, 0.5) is 0 Å². The lowest BCUT2D eigenvalue weighted by Crippen LogP contribution is -2.03. The molecule has 3 nitrogen and oxygen atoms in total. The zero-order chi connectivity index (χ0) is 12.3. The lowest BCUT2D eigenvalue weighted by atomic mass is 9.92. The Kier molecular flexibility index (Phi) is 1.80. The third-order valence-electron chi connectivity index (χ3n) is 3.83. The molecule has 90 valence electrons. The topological polar surface area (TPSA) is 33.1 Å². The quantitative estimate of drug-likeness (QED) is 0.635. The van der Waals surface area contributed by atoms with E-state index in [1.54, 1.807) is 0 Å². The number of imidazole rings is 2. The van der Waals surface area contributed by atoms with Crippen molar-refractivity contribution < 1.29 is 0 Å². The Bertz CT molecular complexity index is 789. The summed E-state index contributed by atoms with van der Waals surface area (Å²) in [6.45, 7) is 4.48. The van der Waals surface area contributed by atoms with E-state index in [9.17, 15) is 0 Å². The zero-order valence-corrected chi connectivity index (χ0v) is 10.6. The van der Waals surface area contributed by atoms with Crippen LogP contribution in [0.25, 0.3) is 22.9 Å². The lowest BCUT2D eigenvalue weighted by molar-refractivity contribution is 0.720. The monoisotopic (exact) mass is 237 g/mol. The van der Waals surface area contributed by atoms with Crippen LogP contribution in [0, 0.1) is 0 Å². The summed E-state index contributed by atoms with van der Waals surface area (Å²) in [5.74, 6) is 1.50. The molecule has 3 heteroatoms. The van der Waals surface area contributed by atoms with Gasteiger partial charge in [0.05, 0.1) is 16.7 Å². The Morgan fingerprint density at radius 2 is 2.17 bits per heavy atom. The van der Waals surface area contributed by atoms with Crippen molar-refractivity contribution in [2.45, 2.75) is 26.2 Å². The maximum atomic E-state index is 4.66. The molecule has 0 saturated heterocycles. The summed E-state index contributed by atoms with van der Waals surface area (Å²) in [6, 6.07) is 8.29. The molecule has 1 aliphatic rings. The molecule has 1 aromatic carbocycles. The van der Waals surface area contributed by atoms with Crippen molar-refractivity contribution in [1.82, 2.24) is 14.4 Å². The molecule has 1 N–H and O–H groups in total. The second-order valence-corrected chi connectivity index (χ2v) is 5.28. The zero-order valence-electron chi connectivity index (χ0n) is 10.6. The summed E-state index contributed by atoms with van der Waals surface area (Å²) in [7, 11) is 0. The number of hydrogen-bond donors (Lipinski definition) is 1. The summed E-state index contributed by atoms with van der Waals surface area (Å²) < 4.78 is 2.24. The van der Waals surface area contributed by atoms with Gasteiger partial charge in [-0.15, -0.1) is 0 Å². The molecule has 0 bridgehead atoms. The molecule has 1 aliphatic carbocycles. The molecule has 0 amide bonds. The minimum atomic E-state index is 0.547. The van der Waals surface area contributed by atoms with E-state index in [-0.39, 0.29) is 0 Å². The highest BCUT2D eigenvalue weighted by Crippen LogP contribution is 2.34. The van der Waals surface area contributed by atoms with Gasteiger partial charge in [-0.2, -0.15) is 0 Å². The highest BCUT2D eigenvalue weighted by atomic mass is 15.1. The van der Waals surface area contributed by atoms with Crippen LogP contribution in [0.2, 0.25) is 0 Å². The van der Waals surface area contributed by atoms with Crippen LogP contribution in [0.1, 0.15) is 37.6 Å². The Morgan fingerprint density at radius 3 is 3.06 bits per heavy atom. The van der Waals surface area contributed by atoms with Crippen LogP contribution < -0.4 is 0 Å². The van der Waals surface area contributed by atoms with Crippen LogP contribution in [0.3, 0.4) is 0 Å². The summed E-state index contributed by atoms with van der Waals surface area (Å²) in [6.07, 6.45) is 3.42. The molecule has 0 spiro atoms. The first-order chi connectivity index (χ1) is 8.74. The van der Waals surface area contributed by atoms with Crippen molar-refractivity contribution in [1.29, 1.82) is 0 Å². The largest absolute Gasteiger partial charge is 0.327 e. The molecule has 0 saturated carbocycles. The van der Waals surface area contributed by atoms with Crippen molar-refractivity contribution in [3.63, 3.8) is 0 Å². The highest BCUT2D eigenvalue weighted by molar-refractivity contribution is 5.82. The summed E-state index contributed by atoms with van der Waals surface area (Å²) in [4.78, 5) is 8.14. The van der Waals surface area contributed by atoms with Crippen molar-refractivity contribution in [2.75, 3.05) is 0 Å². The summed E-state index contributed by atoms with van der Waals surface area (Å²) in [5.41, 5.74) is 6.26. The van der Waals surface area contributed by atoms with Crippen molar-refractivity contribution in [2.24, 2.45) is 0 Å². The molecular formula is C15H15N3. The average Bonchev–Trinajstić information content (AvgIpc) is 2.85. The van der Waals surface area contributed by atoms with Gasteiger partial charge in [0.15, 0.2) is 0 Å². The van der Waals surface area contributed by atoms with E-state index < -0.39 is 0 Å². The van der Waals surface area contributed by atoms with Gasteiger partial charge in [0, 0.05) is 11.6 Å². The Hall–Kier alpha value is -2.03. The van der Waals surface area contributed by atoms with Gasteiger partial charge in [-0.1, -0.05) is 24.6 Å². The predicted octanol–water partition coefficient (Wildman–Crippen LogP) is 3.73. The van der Waals surface area contributed by atoms with Crippen LogP contribution in [-0.4, -0.2) is 14.4 Å². The van der Waals surface area contributed by atoms with Crippen molar-refractivity contribution in [3.05, 3.63) is 41.2 Å². The van der Waals surface area contributed by atoms with Gasteiger partial charge in [-0.25, -0.2) is 4.98 Å². The molecule has 18 heavy (non-hydrogen) atoms. The summed E-state index contributed by atoms with van der Waals surface area (Å²) >= 11 is 0. The number of para-hydroxylation sites is 2. The van der Waals surface area contributed by atoms with Gasteiger partial charge in [-0.05, 0) is 31.6 Å². The number of H-pyrrole nitrogens is 1. The molecule has 0 fully saturated rings. The fourth-order valence-corrected chi connectivity index (χ4v) is 3.05. The summed E-state index contributed by atoms with van der Waals surface area (Å²) in [5, 5.41) is 0. The normalized spacial score (nSPS) is 19.2. The fourth-order valence-electron chi connectivity index (χ4n) is 3.05. The number of rotatable bonds is 0. The lowest BCUT2D eigenvalue weighted by Gasteiger charge is -2.17. The Balaban J connectivity index is 2.18. The maximum absolute atomic E-state index is 4.66. The van der Waals surface area contributed by atoms with Crippen LogP contribution in [0.5, 0.6) is 0 Å². The van der Waals surface area contributed by atoms with E-state index >= 15 is 0 Å². The molecule has 1 unspecified atom stereocenters. The van der Waals surface area contributed by atoms with E-state index in [1.165, 1.54) is 22.5 Å². The number of hydrogen-bond acceptors (Lipinski definition) is 1. The van der Waals surface area contributed by atoms with Gasteiger partial charge in [0.2, 0.25) is 5.78 Å². The molecule has 0 aliphatic heterocycles. The number of nitrogens with zero attached hydrogens (tertiary/aromatic N) is 2. The van der Waals surface area contributed by atoms with E-state index in [2.05, 4.69) is 52.5 Å². The Morgan fingerprint density at radius 1 is 1.33 bits per heavy atom. The molecule has 2 aromatic heterocycles. The average molecular weight is 237 g/mol. The SMILES string of the molecule is CC1=Cc2c([nH]c3nc4ccccc4n23)C(C)C1. The highest BCUT2D eigenvalue weighted by Gasteiger charge is 2.22. The van der Waals surface area contributed by atoms with Crippen molar-refractivity contribution >= 4 is 22.9 Å². The second kappa shape index (κ2) is 3.25. The number of fused-ring (bicyclic) bond motifs is 5. The van der Waals surface area contributed by atoms with E-state index in [1.807, 2.05) is 6.07 Å². The molecule has 2 heterocycles. The molecule has 4 rings (SSSR count). The van der Waals surface area contributed by atoms with E-state index in [0.717, 1.165) is 17.7 Å². The third-order valence-corrected chi connectivity index (χ3v) is 3.83. The van der Waals surface area contributed by atoms with Gasteiger partial charge in [-0.3, -0.25) is 4.40 Å². The van der Waals surface area contributed by atoms with Crippen LogP contribution in [-0.2, 0) is 0 Å². The van der Waals surface area contributed by atoms with Gasteiger partial charge in [0.25, 0.3) is 0 Å². The second-order valence-electron chi connectivity index (χ2n) is 5.28. The number of benzene rings is 1. The van der Waals surface area contributed by atoms with Gasteiger partial charge < -0.3 is 4.98 Å². The molecular weight excluding hydrogens is 222 g/mol. The van der Waals surface area contributed by atoms with Gasteiger partial charge >= 0.3 is 0 Å². The first kappa shape index (κ1) is 9.95. The minimum absolute atomic E-state index is 0.547. The third kappa shape index (κ3) is 1.16. The van der Waals surface area contributed by atoms with Crippen molar-refractivity contribution in [3.8, 4) is 0 Å². The number of aromatic amines is 1. The van der Waals surface area contributed by atoms with Crippen LogP contribution in [0.15, 0.2) is 29.8 Å². The smallest absolute Gasteiger partial charge is 0.213 e. The standard InChI is InChI=1S/C15H15N3/c1-9-7-10(2)14-13(8-9)18-12-6-4-3-5-11(12)16-15(18)17-14/h3-6,8,10H,7H2,1-2H3,(H,16,17). The first-order valence-corrected chi connectivity index (χ1v) is 6.40. The molecule has 3 aromatic rings. The number of aromatic nitrogens is 3. The Labute approximate surface area is 105 Å². The predicted molar refractivity (Wildman–Crippen MR) is 73.7 cm³/mol. The van der Waals surface area contributed by atoms with Gasteiger partial charge in [0.1, 0.15) is 0 Å².